The van der Waals surface area contributed by atoms with E-state index in [4.69, 9.17) is 4.42 Å². The Morgan fingerprint density at radius 1 is 1.29 bits per heavy atom. The van der Waals surface area contributed by atoms with Crippen LogP contribution in [0.15, 0.2) is 34.7 Å². The predicted molar refractivity (Wildman–Crippen MR) is 62.5 cm³/mol. The van der Waals surface area contributed by atoms with E-state index in [1.54, 1.807) is 32.0 Å². The molecule has 17 heavy (non-hydrogen) atoms. The van der Waals surface area contributed by atoms with Gasteiger partial charge in [0.15, 0.2) is 0 Å². The second kappa shape index (κ2) is 4.41. The normalized spacial score (nSPS) is 10.3. The fourth-order valence-electron chi connectivity index (χ4n) is 1.61. The lowest BCUT2D eigenvalue weighted by atomic mass is 10.2. The molecule has 0 bridgehead atoms. The van der Waals surface area contributed by atoms with Crippen LogP contribution in [-0.4, -0.2) is 5.91 Å². The third kappa shape index (κ3) is 2.36. The van der Waals surface area contributed by atoms with E-state index in [2.05, 4.69) is 5.32 Å². The number of para-hydroxylation sites is 1. The van der Waals surface area contributed by atoms with Gasteiger partial charge in [-0.1, -0.05) is 12.1 Å². The highest BCUT2D eigenvalue weighted by atomic mass is 19.1. The summed E-state index contributed by atoms with van der Waals surface area (Å²) in [6.45, 7) is 3.45. The maximum atomic E-state index is 13.3. The molecule has 0 aliphatic heterocycles. The molecule has 0 saturated heterocycles. The van der Waals surface area contributed by atoms with Gasteiger partial charge < -0.3 is 9.73 Å². The lowest BCUT2D eigenvalue weighted by Crippen LogP contribution is -2.13. The minimum absolute atomic E-state index is 0.163. The third-order valence-corrected chi connectivity index (χ3v) is 2.41. The van der Waals surface area contributed by atoms with Gasteiger partial charge in [0.25, 0.3) is 5.91 Å². The van der Waals surface area contributed by atoms with Gasteiger partial charge in [-0.15, -0.1) is 0 Å². The summed E-state index contributed by atoms with van der Waals surface area (Å²) in [6.07, 6.45) is 0. The molecule has 1 aromatic carbocycles. The molecule has 0 unspecified atom stereocenters. The largest absolute Gasteiger partial charge is 0.466 e. The Morgan fingerprint density at radius 2 is 2.00 bits per heavy atom. The molecule has 2 rings (SSSR count). The summed E-state index contributed by atoms with van der Waals surface area (Å²) < 4.78 is 18.6. The van der Waals surface area contributed by atoms with E-state index in [1.807, 2.05) is 0 Å². The van der Waals surface area contributed by atoms with Crippen LogP contribution in [0.5, 0.6) is 0 Å². The van der Waals surface area contributed by atoms with Crippen molar-refractivity contribution >= 4 is 11.6 Å². The summed E-state index contributed by atoms with van der Waals surface area (Å²) in [5.41, 5.74) is 0.585. The zero-order valence-corrected chi connectivity index (χ0v) is 9.58. The summed E-state index contributed by atoms with van der Waals surface area (Å²) in [6, 6.07) is 7.66. The summed E-state index contributed by atoms with van der Waals surface area (Å²) in [7, 11) is 0. The van der Waals surface area contributed by atoms with Gasteiger partial charge in [0, 0.05) is 0 Å². The Labute approximate surface area is 98.3 Å². The summed E-state index contributed by atoms with van der Waals surface area (Å²) in [4.78, 5) is 11.9. The molecule has 1 heterocycles. The van der Waals surface area contributed by atoms with Crippen molar-refractivity contribution in [1.82, 2.24) is 0 Å². The van der Waals surface area contributed by atoms with Crippen LogP contribution in [0.3, 0.4) is 0 Å². The maximum absolute atomic E-state index is 13.3. The van der Waals surface area contributed by atoms with Gasteiger partial charge in [0.05, 0.1) is 11.3 Å². The molecule has 0 atom stereocenters. The van der Waals surface area contributed by atoms with E-state index in [9.17, 15) is 9.18 Å². The molecule has 1 aromatic heterocycles. The number of rotatable bonds is 2. The number of hydrogen-bond donors (Lipinski definition) is 1. The molecule has 0 aliphatic rings. The van der Waals surface area contributed by atoms with Crippen molar-refractivity contribution in [2.24, 2.45) is 0 Å². The van der Waals surface area contributed by atoms with E-state index < -0.39 is 5.82 Å². The first-order valence-corrected chi connectivity index (χ1v) is 5.21. The first-order chi connectivity index (χ1) is 8.08. The minimum Gasteiger partial charge on any atom is -0.466 e. The zero-order valence-electron chi connectivity index (χ0n) is 9.58. The van der Waals surface area contributed by atoms with Crippen LogP contribution in [0, 0.1) is 19.7 Å². The third-order valence-electron chi connectivity index (χ3n) is 2.41. The number of hydrogen-bond acceptors (Lipinski definition) is 2. The Balaban J connectivity index is 2.23. The van der Waals surface area contributed by atoms with Gasteiger partial charge in [-0.05, 0) is 32.0 Å². The average Bonchev–Trinajstić information content (AvgIpc) is 2.61. The molecule has 88 valence electrons. The topological polar surface area (TPSA) is 42.2 Å². The number of furan rings is 1. The quantitative estimate of drug-likeness (QED) is 0.864. The lowest BCUT2D eigenvalue weighted by Gasteiger charge is -2.04. The fraction of sp³-hybridized carbons (Fsp3) is 0.154. The Hall–Kier alpha value is -2.10. The number of carbonyl (C=O) groups excluding carboxylic acids is 1. The van der Waals surface area contributed by atoms with Gasteiger partial charge in [0.2, 0.25) is 0 Å². The Kier molecular flexibility index (Phi) is 2.95. The van der Waals surface area contributed by atoms with Crippen LogP contribution in [0.25, 0.3) is 0 Å². The van der Waals surface area contributed by atoms with E-state index in [0.29, 0.717) is 17.1 Å². The fourth-order valence-corrected chi connectivity index (χ4v) is 1.61. The maximum Gasteiger partial charge on any atom is 0.259 e. The van der Waals surface area contributed by atoms with Crippen molar-refractivity contribution in [2.45, 2.75) is 13.8 Å². The number of anilines is 1. The molecule has 1 N–H and O–H groups in total. The van der Waals surface area contributed by atoms with Gasteiger partial charge in [-0.3, -0.25) is 4.79 Å². The SMILES string of the molecule is Cc1cc(C(=O)Nc2ccccc2F)c(C)o1. The Morgan fingerprint density at radius 3 is 2.59 bits per heavy atom. The number of amides is 1. The highest BCUT2D eigenvalue weighted by molar-refractivity contribution is 6.05. The number of nitrogens with one attached hydrogen (secondary N) is 1. The minimum atomic E-state index is -0.460. The van der Waals surface area contributed by atoms with E-state index in [-0.39, 0.29) is 11.6 Å². The zero-order chi connectivity index (χ0) is 12.4. The number of halogens is 1. The summed E-state index contributed by atoms with van der Waals surface area (Å²) >= 11 is 0. The van der Waals surface area contributed by atoms with Crippen molar-refractivity contribution in [3.63, 3.8) is 0 Å². The highest BCUT2D eigenvalue weighted by Gasteiger charge is 2.14. The standard InChI is InChI=1S/C13H12FNO2/c1-8-7-10(9(2)17-8)13(16)15-12-6-4-3-5-11(12)14/h3-7H,1-2H3,(H,15,16). The molecule has 1 amide bonds. The van der Waals surface area contributed by atoms with Crippen LogP contribution < -0.4 is 5.32 Å². The second-order valence-electron chi connectivity index (χ2n) is 3.76. The smallest absolute Gasteiger partial charge is 0.259 e. The van der Waals surface area contributed by atoms with Crippen molar-refractivity contribution in [2.75, 3.05) is 5.32 Å². The van der Waals surface area contributed by atoms with Crippen LogP contribution in [0.2, 0.25) is 0 Å². The molecule has 0 radical (unpaired) electrons. The van der Waals surface area contributed by atoms with Crippen LogP contribution in [-0.2, 0) is 0 Å². The summed E-state index contributed by atoms with van der Waals surface area (Å²) in [5, 5.41) is 2.51. The van der Waals surface area contributed by atoms with E-state index >= 15 is 0 Å². The summed E-state index contributed by atoms with van der Waals surface area (Å²) in [5.74, 6) is 0.348. The molecule has 0 spiro atoms. The van der Waals surface area contributed by atoms with Crippen LogP contribution >= 0.6 is 0 Å². The van der Waals surface area contributed by atoms with Crippen LogP contribution in [0.1, 0.15) is 21.9 Å². The molecule has 0 aliphatic carbocycles. The molecule has 3 nitrogen and oxygen atoms in total. The Bertz CT molecular complexity index is 560. The highest BCUT2D eigenvalue weighted by Crippen LogP contribution is 2.17. The van der Waals surface area contributed by atoms with Gasteiger partial charge in [0.1, 0.15) is 17.3 Å². The first kappa shape index (κ1) is 11.4. The number of benzene rings is 1. The van der Waals surface area contributed by atoms with E-state index in [0.717, 1.165) is 0 Å². The first-order valence-electron chi connectivity index (χ1n) is 5.21. The molecule has 0 saturated carbocycles. The van der Waals surface area contributed by atoms with E-state index in [1.165, 1.54) is 12.1 Å². The predicted octanol–water partition coefficient (Wildman–Crippen LogP) is 3.29. The van der Waals surface area contributed by atoms with Crippen LogP contribution in [0.4, 0.5) is 10.1 Å². The average molecular weight is 233 g/mol. The van der Waals surface area contributed by atoms with Gasteiger partial charge in [-0.25, -0.2) is 4.39 Å². The van der Waals surface area contributed by atoms with Crippen molar-refractivity contribution in [1.29, 1.82) is 0 Å². The van der Waals surface area contributed by atoms with Crippen molar-refractivity contribution < 1.29 is 13.6 Å². The molecular weight excluding hydrogens is 221 g/mol. The second-order valence-corrected chi connectivity index (χ2v) is 3.76. The molecular formula is C13H12FNO2. The van der Waals surface area contributed by atoms with Gasteiger partial charge in [-0.2, -0.15) is 0 Å². The number of aryl methyl sites for hydroxylation is 2. The lowest BCUT2D eigenvalue weighted by molar-refractivity contribution is 0.102. The molecule has 0 fully saturated rings. The molecule has 4 heteroatoms. The van der Waals surface area contributed by atoms with Crippen molar-refractivity contribution in [3.8, 4) is 0 Å². The van der Waals surface area contributed by atoms with Crippen molar-refractivity contribution in [3.05, 3.63) is 53.2 Å². The number of carbonyl (C=O) groups is 1. The molecule has 2 aromatic rings. The van der Waals surface area contributed by atoms with Gasteiger partial charge >= 0.3 is 0 Å². The monoisotopic (exact) mass is 233 g/mol.